The summed E-state index contributed by atoms with van der Waals surface area (Å²) >= 11 is 0. The fourth-order valence-electron chi connectivity index (χ4n) is 0. The second kappa shape index (κ2) is 9.73. The van der Waals surface area contributed by atoms with E-state index in [-0.39, 0.29) is 70.9 Å². The van der Waals surface area contributed by atoms with Crippen molar-refractivity contribution in [3.63, 3.8) is 0 Å². The molecular formula is CH3KO3Zn. The van der Waals surface area contributed by atoms with Gasteiger partial charge in [-0.2, -0.15) is 0 Å². The largest absolute Gasteiger partial charge is 0 e. The molecule has 0 aromatic rings. The van der Waals surface area contributed by atoms with Gasteiger partial charge in [-0.25, -0.2) is 4.79 Å². The van der Waals surface area contributed by atoms with Crippen LogP contribution in [0.15, 0.2) is 0 Å². The first-order valence-electron chi connectivity index (χ1n) is 0.651. The van der Waals surface area contributed by atoms with Crippen LogP contribution in [0.4, 0.5) is 4.79 Å². The minimum absolute atomic E-state index is 0. The first-order chi connectivity index (χ1) is 1.73. The molecule has 6 heavy (non-hydrogen) atoms. The summed E-state index contributed by atoms with van der Waals surface area (Å²) < 4.78 is 0. The minimum atomic E-state index is -1.83. The van der Waals surface area contributed by atoms with E-state index in [1.54, 1.807) is 0 Å². The summed E-state index contributed by atoms with van der Waals surface area (Å²) in [7, 11) is 0. The summed E-state index contributed by atoms with van der Waals surface area (Å²) in [6.45, 7) is 0. The van der Waals surface area contributed by atoms with E-state index in [1.165, 1.54) is 0 Å². The van der Waals surface area contributed by atoms with E-state index >= 15 is 0 Å². The molecule has 0 rings (SSSR count). The van der Waals surface area contributed by atoms with E-state index in [2.05, 4.69) is 0 Å². The van der Waals surface area contributed by atoms with Crippen LogP contribution in [0.3, 0.4) is 0 Å². The number of carbonyl (C=O) groups is 1. The van der Waals surface area contributed by atoms with Gasteiger partial charge in [-0.1, -0.05) is 0 Å². The van der Waals surface area contributed by atoms with Crippen LogP contribution in [-0.2, 0) is 19.5 Å². The minimum Gasteiger partial charge on any atom is 0 e. The van der Waals surface area contributed by atoms with Gasteiger partial charge in [0.2, 0.25) is 0 Å². The molecule has 0 amide bonds. The molecule has 0 heterocycles. The molecule has 0 atom stereocenters. The third kappa shape index (κ3) is 48.5. The van der Waals surface area contributed by atoms with Crippen molar-refractivity contribution in [1.82, 2.24) is 0 Å². The fourth-order valence-corrected chi connectivity index (χ4v) is 0. The molecule has 0 saturated heterocycles. The Morgan fingerprint density at radius 3 is 1.33 bits per heavy atom. The molecule has 0 saturated carbocycles. The standard InChI is InChI=1S/CH2O3.K.Zn.H/c2-1(3)4;;;/h(H2,2,3,4);;;. The quantitative estimate of drug-likeness (QED) is 0.482. The third-order valence-electron chi connectivity index (χ3n) is 0. The monoisotopic (exact) mass is 166 g/mol. The average molecular weight is 168 g/mol. The van der Waals surface area contributed by atoms with Gasteiger partial charge in [0.1, 0.15) is 0 Å². The molecule has 0 bridgehead atoms. The molecule has 3 nitrogen and oxygen atoms in total. The van der Waals surface area contributed by atoms with Crippen LogP contribution in [-0.4, -0.2) is 67.8 Å². The summed E-state index contributed by atoms with van der Waals surface area (Å²) in [5.74, 6) is 0. The van der Waals surface area contributed by atoms with E-state index in [0.717, 1.165) is 0 Å². The van der Waals surface area contributed by atoms with E-state index in [9.17, 15) is 0 Å². The van der Waals surface area contributed by atoms with E-state index in [4.69, 9.17) is 15.0 Å². The molecule has 0 aromatic carbocycles. The molecule has 28 valence electrons. The van der Waals surface area contributed by atoms with Gasteiger partial charge in [0.25, 0.3) is 0 Å². The van der Waals surface area contributed by atoms with Gasteiger partial charge >= 0.3 is 57.5 Å². The smallest absolute Gasteiger partial charge is 0 e. The Hall–Kier alpha value is 1.53. The Morgan fingerprint density at radius 2 is 1.33 bits per heavy atom. The maximum atomic E-state index is 8.56. The molecule has 0 aliphatic heterocycles. The van der Waals surface area contributed by atoms with E-state index in [0.29, 0.717) is 0 Å². The molecule has 0 unspecified atom stereocenters. The summed E-state index contributed by atoms with van der Waals surface area (Å²) in [4.78, 5) is 8.56. The molecule has 0 aliphatic carbocycles. The van der Waals surface area contributed by atoms with Crippen molar-refractivity contribution in [3.05, 3.63) is 0 Å². The van der Waals surface area contributed by atoms with E-state index < -0.39 is 6.16 Å². The molecule has 0 aliphatic rings. The number of hydrogen-bond donors (Lipinski definition) is 2. The molecule has 2 N–H and O–H groups in total. The fraction of sp³-hybridized carbons (Fsp3) is 0. The zero-order valence-corrected chi connectivity index (χ0v) is 5.48. The van der Waals surface area contributed by atoms with Crippen molar-refractivity contribution in [3.8, 4) is 0 Å². The first kappa shape index (κ1) is 15.6. The van der Waals surface area contributed by atoms with Crippen molar-refractivity contribution in [1.29, 1.82) is 0 Å². The summed E-state index contributed by atoms with van der Waals surface area (Å²) in [5.41, 5.74) is 0. The van der Waals surface area contributed by atoms with E-state index in [1.807, 2.05) is 0 Å². The zero-order chi connectivity index (χ0) is 3.58. The Kier molecular flexibility index (Phi) is 25.4. The number of carboxylic acid groups (broad SMARTS) is 2. The van der Waals surface area contributed by atoms with Crippen LogP contribution >= 0.6 is 0 Å². The Bertz CT molecular complexity index is 33.8. The second-order valence-electron chi connectivity index (χ2n) is 0.283. The van der Waals surface area contributed by atoms with Gasteiger partial charge in [-0.05, 0) is 0 Å². The predicted octanol–water partition coefficient (Wildman–Crippen LogP) is -0.429. The first-order valence-corrected chi connectivity index (χ1v) is 0.651. The molecule has 0 spiro atoms. The van der Waals surface area contributed by atoms with Crippen molar-refractivity contribution in [2.75, 3.05) is 0 Å². The van der Waals surface area contributed by atoms with Gasteiger partial charge in [-0.3, -0.25) is 0 Å². The summed E-state index contributed by atoms with van der Waals surface area (Å²) in [6, 6.07) is 0. The van der Waals surface area contributed by atoms with Crippen molar-refractivity contribution >= 4 is 57.5 Å². The molecule has 0 radical (unpaired) electrons. The predicted molar refractivity (Wildman–Crippen MR) is 17.8 cm³/mol. The van der Waals surface area contributed by atoms with Crippen LogP contribution in [0.2, 0.25) is 0 Å². The van der Waals surface area contributed by atoms with Crippen molar-refractivity contribution < 1.29 is 34.5 Å². The van der Waals surface area contributed by atoms with Crippen molar-refractivity contribution in [2.24, 2.45) is 0 Å². The Morgan fingerprint density at radius 1 is 1.33 bits per heavy atom. The van der Waals surface area contributed by atoms with Crippen LogP contribution in [0, 0.1) is 0 Å². The van der Waals surface area contributed by atoms with Gasteiger partial charge in [0.15, 0.2) is 0 Å². The van der Waals surface area contributed by atoms with Crippen LogP contribution in [0.5, 0.6) is 0 Å². The number of rotatable bonds is 0. The zero-order valence-electron chi connectivity index (χ0n) is 2.51. The molecular weight excluding hydrogens is 164 g/mol. The molecule has 5 heteroatoms. The van der Waals surface area contributed by atoms with Gasteiger partial charge in [0, 0.05) is 19.5 Å². The summed E-state index contributed by atoms with van der Waals surface area (Å²) in [6.07, 6.45) is -1.83. The Balaban J connectivity index is -0.0000000450. The second-order valence-corrected chi connectivity index (χ2v) is 0.283. The van der Waals surface area contributed by atoms with Gasteiger partial charge < -0.3 is 10.2 Å². The van der Waals surface area contributed by atoms with Gasteiger partial charge in [-0.15, -0.1) is 0 Å². The van der Waals surface area contributed by atoms with Crippen LogP contribution in [0.25, 0.3) is 0 Å². The number of hydrogen-bond acceptors (Lipinski definition) is 1. The van der Waals surface area contributed by atoms with Crippen molar-refractivity contribution in [2.45, 2.75) is 0 Å². The maximum absolute atomic E-state index is 8.56. The van der Waals surface area contributed by atoms with Crippen LogP contribution < -0.4 is 0 Å². The summed E-state index contributed by atoms with van der Waals surface area (Å²) in [5, 5.41) is 13.9. The van der Waals surface area contributed by atoms with Gasteiger partial charge in [0.05, 0.1) is 0 Å². The third-order valence-corrected chi connectivity index (χ3v) is 0. The SMILES string of the molecule is O=C(O)O.[KH].[Zn]. The molecule has 0 fully saturated rings. The normalized spacial score (nSPS) is 4.00. The molecule has 0 aromatic heterocycles. The Labute approximate surface area is 90.3 Å². The van der Waals surface area contributed by atoms with Crippen LogP contribution in [0.1, 0.15) is 0 Å². The topological polar surface area (TPSA) is 57.5 Å². The maximum Gasteiger partial charge on any atom is 0 e. The average Bonchev–Trinajstić information content (AvgIpc) is 0.811.